The topological polar surface area (TPSA) is 112 Å². The van der Waals surface area contributed by atoms with Gasteiger partial charge in [0.05, 0.1) is 6.20 Å². The lowest BCUT2D eigenvalue weighted by Crippen LogP contribution is -2.13. The molecule has 0 spiro atoms. The summed E-state index contributed by atoms with van der Waals surface area (Å²) in [7, 11) is -3.69. The predicted molar refractivity (Wildman–Crippen MR) is 72.5 cm³/mol. The van der Waals surface area contributed by atoms with E-state index in [2.05, 4.69) is 14.9 Å². The molecule has 7 nitrogen and oxygen atoms in total. The number of H-pyrrole nitrogens is 1. The largest absolute Gasteiger partial charge is 0.478 e. The molecule has 1 aromatic heterocycles. The molecule has 8 heteroatoms. The minimum absolute atomic E-state index is 0.0349. The van der Waals surface area contributed by atoms with E-state index < -0.39 is 16.0 Å². The van der Waals surface area contributed by atoms with Gasteiger partial charge in [-0.15, -0.1) is 0 Å². The summed E-state index contributed by atoms with van der Waals surface area (Å²) in [4.78, 5) is 10.4. The van der Waals surface area contributed by atoms with Crippen molar-refractivity contribution in [3.8, 4) is 0 Å². The van der Waals surface area contributed by atoms with E-state index in [0.717, 1.165) is 6.08 Å². The summed E-state index contributed by atoms with van der Waals surface area (Å²) in [6.07, 6.45) is 3.76. The fourth-order valence-electron chi connectivity index (χ4n) is 1.43. The number of aromatic nitrogens is 2. The first-order valence-corrected chi connectivity index (χ1v) is 6.99. The molecule has 0 saturated heterocycles. The second-order valence-electron chi connectivity index (χ2n) is 3.82. The molecule has 0 radical (unpaired) electrons. The van der Waals surface area contributed by atoms with Crippen molar-refractivity contribution in [3.05, 3.63) is 48.2 Å². The summed E-state index contributed by atoms with van der Waals surface area (Å²) in [5, 5.41) is 14.4. The van der Waals surface area contributed by atoms with Crippen molar-refractivity contribution in [2.75, 3.05) is 4.72 Å². The Bertz CT molecular complexity index is 719. The molecule has 0 saturated carbocycles. The maximum absolute atomic E-state index is 11.9. The van der Waals surface area contributed by atoms with Crippen molar-refractivity contribution in [3.63, 3.8) is 0 Å². The molecular weight excluding hydrogens is 282 g/mol. The van der Waals surface area contributed by atoms with Crippen LogP contribution in [0, 0.1) is 0 Å². The van der Waals surface area contributed by atoms with Crippen molar-refractivity contribution in [1.29, 1.82) is 0 Å². The Morgan fingerprint density at radius 3 is 2.50 bits per heavy atom. The Morgan fingerprint density at radius 1 is 1.25 bits per heavy atom. The summed E-state index contributed by atoms with van der Waals surface area (Å²) in [5.41, 5.74) is 1.02. The summed E-state index contributed by atoms with van der Waals surface area (Å²) >= 11 is 0. The highest BCUT2D eigenvalue weighted by Gasteiger charge is 2.14. The van der Waals surface area contributed by atoms with Gasteiger partial charge in [0, 0.05) is 11.8 Å². The molecule has 0 amide bonds. The van der Waals surface area contributed by atoms with Gasteiger partial charge in [0.2, 0.25) is 0 Å². The highest BCUT2D eigenvalue weighted by molar-refractivity contribution is 7.92. The van der Waals surface area contributed by atoms with Crippen LogP contribution in [0.4, 0.5) is 5.69 Å². The third-order valence-electron chi connectivity index (χ3n) is 2.35. The van der Waals surface area contributed by atoms with Crippen LogP contribution in [0.3, 0.4) is 0 Å². The zero-order valence-corrected chi connectivity index (χ0v) is 11.0. The number of carboxylic acids is 1. The van der Waals surface area contributed by atoms with Crippen LogP contribution in [-0.4, -0.2) is 29.7 Å². The van der Waals surface area contributed by atoms with Crippen LogP contribution >= 0.6 is 0 Å². The molecule has 104 valence electrons. The summed E-state index contributed by atoms with van der Waals surface area (Å²) in [6.45, 7) is 0. The standard InChI is InChI=1S/C12H11N3O4S/c16-12(17)6-3-9-1-4-10(5-2-9)15-20(18,19)11-7-8-13-14-11/h1-8,15H,(H,13,14)(H,16,17)/b6-3+. The van der Waals surface area contributed by atoms with Crippen LogP contribution < -0.4 is 4.72 Å². The van der Waals surface area contributed by atoms with Gasteiger partial charge in [-0.2, -0.15) is 13.5 Å². The zero-order valence-electron chi connectivity index (χ0n) is 10.1. The first kappa shape index (κ1) is 13.8. The van der Waals surface area contributed by atoms with Crippen LogP contribution in [0.25, 0.3) is 6.08 Å². The first-order valence-electron chi connectivity index (χ1n) is 5.51. The number of hydrogen-bond acceptors (Lipinski definition) is 4. The van der Waals surface area contributed by atoms with Crippen molar-refractivity contribution in [1.82, 2.24) is 10.2 Å². The average Bonchev–Trinajstić information content (AvgIpc) is 2.92. The Morgan fingerprint density at radius 2 is 1.95 bits per heavy atom. The van der Waals surface area contributed by atoms with E-state index in [4.69, 9.17) is 5.11 Å². The molecule has 0 aliphatic carbocycles. The number of nitrogens with one attached hydrogen (secondary N) is 2. The van der Waals surface area contributed by atoms with Crippen molar-refractivity contribution < 1.29 is 18.3 Å². The highest BCUT2D eigenvalue weighted by atomic mass is 32.2. The molecule has 20 heavy (non-hydrogen) atoms. The van der Waals surface area contributed by atoms with Crippen LogP contribution in [0.2, 0.25) is 0 Å². The molecule has 2 aromatic rings. The molecule has 1 aromatic carbocycles. The lowest BCUT2D eigenvalue weighted by Gasteiger charge is -2.06. The van der Waals surface area contributed by atoms with Gasteiger partial charge in [0.25, 0.3) is 10.0 Å². The number of rotatable bonds is 5. The minimum Gasteiger partial charge on any atom is -0.478 e. The van der Waals surface area contributed by atoms with E-state index in [9.17, 15) is 13.2 Å². The Balaban J connectivity index is 2.14. The van der Waals surface area contributed by atoms with Crippen molar-refractivity contribution >= 4 is 27.8 Å². The molecule has 0 aliphatic heterocycles. The Kier molecular flexibility index (Phi) is 3.85. The molecule has 0 aliphatic rings. The van der Waals surface area contributed by atoms with E-state index in [0.29, 0.717) is 11.3 Å². The van der Waals surface area contributed by atoms with Crippen molar-refractivity contribution in [2.24, 2.45) is 0 Å². The van der Waals surface area contributed by atoms with E-state index in [1.807, 2.05) is 0 Å². The van der Waals surface area contributed by atoms with Gasteiger partial charge in [0.1, 0.15) is 0 Å². The summed E-state index contributed by atoms with van der Waals surface area (Å²) in [5.74, 6) is -1.05. The highest BCUT2D eigenvalue weighted by Crippen LogP contribution is 2.15. The van der Waals surface area contributed by atoms with Crippen molar-refractivity contribution in [2.45, 2.75) is 5.03 Å². The fraction of sp³-hybridized carbons (Fsp3) is 0. The van der Waals surface area contributed by atoms with E-state index >= 15 is 0 Å². The van der Waals surface area contributed by atoms with Gasteiger partial charge in [0.15, 0.2) is 5.03 Å². The normalized spacial score (nSPS) is 11.6. The van der Waals surface area contributed by atoms with Crippen LogP contribution in [-0.2, 0) is 14.8 Å². The minimum atomic E-state index is -3.69. The number of anilines is 1. The molecule has 0 bridgehead atoms. The maximum Gasteiger partial charge on any atom is 0.328 e. The number of hydrogen-bond donors (Lipinski definition) is 3. The molecule has 1 heterocycles. The Hall–Kier alpha value is -2.61. The van der Waals surface area contributed by atoms with Gasteiger partial charge < -0.3 is 5.11 Å². The number of sulfonamides is 1. The summed E-state index contributed by atoms with van der Waals surface area (Å²) < 4.78 is 26.2. The number of aromatic amines is 1. The van der Waals surface area contributed by atoms with E-state index in [1.165, 1.54) is 30.5 Å². The van der Waals surface area contributed by atoms with Gasteiger partial charge in [-0.25, -0.2) is 4.79 Å². The maximum atomic E-state index is 11.9. The molecule has 0 atom stereocenters. The van der Waals surface area contributed by atoms with E-state index in [-0.39, 0.29) is 5.03 Å². The number of nitrogens with zero attached hydrogens (tertiary/aromatic N) is 1. The molecule has 3 N–H and O–H groups in total. The number of carboxylic acid groups (broad SMARTS) is 1. The Labute approximate surface area is 115 Å². The molecular formula is C12H11N3O4S. The third-order valence-corrected chi connectivity index (χ3v) is 3.66. The number of benzene rings is 1. The monoisotopic (exact) mass is 293 g/mol. The van der Waals surface area contributed by atoms with E-state index in [1.54, 1.807) is 12.1 Å². The lowest BCUT2D eigenvalue weighted by molar-refractivity contribution is -0.131. The zero-order chi connectivity index (χ0) is 14.6. The second-order valence-corrected chi connectivity index (χ2v) is 5.47. The third kappa shape index (κ3) is 3.45. The van der Waals surface area contributed by atoms with Gasteiger partial charge in [-0.3, -0.25) is 9.82 Å². The smallest absolute Gasteiger partial charge is 0.328 e. The SMILES string of the molecule is O=C(O)/C=C/c1ccc(NS(=O)(=O)c2ccn[nH]2)cc1. The van der Waals surface area contributed by atoms with Crippen LogP contribution in [0.5, 0.6) is 0 Å². The predicted octanol–water partition coefficient (Wildman–Crippen LogP) is 1.31. The molecule has 0 fully saturated rings. The molecule has 2 rings (SSSR count). The van der Waals surface area contributed by atoms with Crippen LogP contribution in [0.15, 0.2) is 47.6 Å². The molecule has 0 unspecified atom stereocenters. The van der Waals surface area contributed by atoms with Gasteiger partial charge in [-0.1, -0.05) is 12.1 Å². The number of carbonyl (C=O) groups is 1. The summed E-state index contributed by atoms with van der Waals surface area (Å²) in [6, 6.07) is 7.62. The second kappa shape index (κ2) is 5.57. The average molecular weight is 293 g/mol. The van der Waals surface area contributed by atoms with Crippen LogP contribution in [0.1, 0.15) is 5.56 Å². The quantitative estimate of drug-likeness (QED) is 0.719. The first-order chi connectivity index (χ1) is 9.47. The lowest BCUT2D eigenvalue weighted by atomic mass is 10.2. The van der Waals surface area contributed by atoms with Gasteiger partial charge in [-0.05, 0) is 29.8 Å². The fourth-order valence-corrected chi connectivity index (χ4v) is 2.40. The number of aliphatic carboxylic acids is 1. The van der Waals surface area contributed by atoms with Gasteiger partial charge >= 0.3 is 5.97 Å².